The number of furan rings is 1. The molecule has 126 valence electrons. The van der Waals surface area contributed by atoms with Crippen molar-refractivity contribution >= 4 is 50.8 Å². The molecule has 6 nitrogen and oxygen atoms in total. The van der Waals surface area contributed by atoms with Crippen LogP contribution < -0.4 is 10.6 Å². The number of nitrogens with one attached hydrogen (secondary N) is 2. The number of ether oxygens (including phenoxy) is 1. The van der Waals surface area contributed by atoms with Crippen LogP contribution in [0.2, 0.25) is 0 Å². The van der Waals surface area contributed by atoms with E-state index in [0.717, 1.165) is 6.42 Å². The second kappa shape index (κ2) is 8.60. The number of halogens is 1. The third-order valence-corrected chi connectivity index (χ3v) is 3.47. The van der Waals surface area contributed by atoms with Gasteiger partial charge in [0.2, 0.25) is 0 Å². The predicted octanol–water partition coefficient (Wildman–Crippen LogP) is 3.74. The van der Waals surface area contributed by atoms with E-state index in [-0.39, 0.29) is 16.8 Å². The van der Waals surface area contributed by atoms with Crippen molar-refractivity contribution in [3.8, 4) is 0 Å². The summed E-state index contributed by atoms with van der Waals surface area (Å²) < 4.78 is 10.6. The standard InChI is InChI=1S/C16H15BrN2O4S/c1-2-9-22-15(21)10-3-5-11(6-4-10)18-16(24)19-14(20)12-7-8-13(17)23-12/h3-8H,2,9H2,1H3,(H2,18,19,20,24). The van der Waals surface area contributed by atoms with E-state index in [1.165, 1.54) is 6.07 Å². The number of carbonyl (C=O) groups excluding carboxylic acids is 2. The second-order valence-electron chi connectivity index (χ2n) is 4.73. The van der Waals surface area contributed by atoms with Gasteiger partial charge < -0.3 is 14.5 Å². The van der Waals surface area contributed by atoms with Crippen LogP contribution in [-0.4, -0.2) is 23.6 Å². The summed E-state index contributed by atoms with van der Waals surface area (Å²) in [7, 11) is 0. The van der Waals surface area contributed by atoms with Gasteiger partial charge >= 0.3 is 5.97 Å². The molecule has 0 saturated heterocycles. The van der Waals surface area contributed by atoms with Crippen molar-refractivity contribution in [2.24, 2.45) is 0 Å². The van der Waals surface area contributed by atoms with Gasteiger partial charge in [0.25, 0.3) is 5.91 Å². The molecule has 2 N–H and O–H groups in total. The molecule has 2 aromatic rings. The van der Waals surface area contributed by atoms with Crippen LogP contribution >= 0.6 is 28.1 Å². The van der Waals surface area contributed by atoms with Crippen LogP contribution in [0.25, 0.3) is 0 Å². The Kier molecular flexibility index (Phi) is 6.51. The first kappa shape index (κ1) is 18.2. The first-order chi connectivity index (χ1) is 11.5. The summed E-state index contributed by atoms with van der Waals surface area (Å²) >= 11 is 8.19. The fourth-order valence-electron chi connectivity index (χ4n) is 1.73. The molecule has 0 spiro atoms. The normalized spacial score (nSPS) is 10.1. The topological polar surface area (TPSA) is 80.6 Å². The number of thiocarbonyl (C=S) groups is 1. The molecule has 1 amide bonds. The Balaban J connectivity index is 1.90. The van der Waals surface area contributed by atoms with Crippen molar-refractivity contribution in [1.82, 2.24) is 5.32 Å². The molecule has 8 heteroatoms. The fraction of sp³-hybridized carbons (Fsp3) is 0.188. The average Bonchev–Trinajstić information content (AvgIpc) is 3.00. The lowest BCUT2D eigenvalue weighted by molar-refractivity contribution is 0.0505. The van der Waals surface area contributed by atoms with Crippen LogP contribution in [0.15, 0.2) is 45.5 Å². The van der Waals surface area contributed by atoms with Gasteiger partial charge in [-0.1, -0.05) is 6.92 Å². The van der Waals surface area contributed by atoms with Gasteiger partial charge in [-0.25, -0.2) is 4.79 Å². The van der Waals surface area contributed by atoms with Crippen molar-refractivity contribution in [2.75, 3.05) is 11.9 Å². The van der Waals surface area contributed by atoms with Gasteiger partial charge in [0.15, 0.2) is 15.5 Å². The van der Waals surface area contributed by atoms with E-state index in [1.807, 2.05) is 6.92 Å². The van der Waals surface area contributed by atoms with Crippen molar-refractivity contribution in [3.63, 3.8) is 0 Å². The van der Waals surface area contributed by atoms with E-state index in [1.54, 1.807) is 30.3 Å². The summed E-state index contributed by atoms with van der Waals surface area (Å²) in [6.45, 7) is 2.31. The van der Waals surface area contributed by atoms with E-state index in [4.69, 9.17) is 21.4 Å². The van der Waals surface area contributed by atoms with Crippen LogP contribution in [0.4, 0.5) is 5.69 Å². The summed E-state index contributed by atoms with van der Waals surface area (Å²) in [6, 6.07) is 9.72. The molecule has 0 radical (unpaired) electrons. The molecular weight excluding hydrogens is 396 g/mol. The summed E-state index contributed by atoms with van der Waals surface area (Å²) in [4.78, 5) is 23.6. The molecule has 0 fully saturated rings. The van der Waals surface area contributed by atoms with Gasteiger partial charge in [-0.05, 0) is 71.0 Å². The minimum atomic E-state index is -0.460. The molecule has 2 rings (SSSR count). The maximum atomic E-state index is 11.9. The Labute approximate surface area is 152 Å². The van der Waals surface area contributed by atoms with Gasteiger partial charge in [-0.2, -0.15) is 0 Å². The van der Waals surface area contributed by atoms with E-state index in [9.17, 15) is 9.59 Å². The molecule has 0 saturated carbocycles. The third kappa shape index (κ3) is 5.17. The monoisotopic (exact) mass is 410 g/mol. The summed E-state index contributed by atoms with van der Waals surface area (Å²) in [6.07, 6.45) is 0.769. The molecule has 1 heterocycles. The number of hydrogen-bond donors (Lipinski definition) is 2. The van der Waals surface area contributed by atoms with E-state index >= 15 is 0 Å². The quantitative estimate of drug-likeness (QED) is 0.577. The SMILES string of the molecule is CCCOC(=O)c1ccc(NC(=S)NC(=O)c2ccc(Br)o2)cc1. The number of carbonyl (C=O) groups is 2. The lowest BCUT2D eigenvalue weighted by atomic mass is 10.2. The Morgan fingerprint density at radius 1 is 1.21 bits per heavy atom. The zero-order chi connectivity index (χ0) is 17.5. The van der Waals surface area contributed by atoms with Crippen molar-refractivity contribution in [1.29, 1.82) is 0 Å². The number of hydrogen-bond acceptors (Lipinski definition) is 5. The molecule has 1 aromatic heterocycles. The molecule has 24 heavy (non-hydrogen) atoms. The highest BCUT2D eigenvalue weighted by atomic mass is 79.9. The molecule has 0 aliphatic heterocycles. The van der Waals surface area contributed by atoms with E-state index in [0.29, 0.717) is 22.5 Å². The molecule has 0 atom stereocenters. The number of anilines is 1. The summed E-state index contributed by atoms with van der Waals surface area (Å²) in [5, 5.41) is 5.47. The maximum Gasteiger partial charge on any atom is 0.338 e. The van der Waals surface area contributed by atoms with Gasteiger partial charge in [0, 0.05) is 5.69 Å². The zero-order valence-electron chi connectivity index (χ0n) is 12.8. The maximum absolute atomic E-state index is 11.9. The van der Waals surface area contributed by atoms with Crippen LogP contribution in [0.1, 0.15) is 34.3 Å². The van der Waals surface area contributed by atoms with E-state index in [2.05, 4.69) is 26.6 Å². The highest BCUT2D eigenvalue weighted by Gasteiger charge is 2.12. The minimum Gasteiger partial charge on any atom is -0.462 e. The van der Waals surface area contributed by atoms with Crippen LogP contribution in [-0.2, 0) is 4.74 Å². The number of esters is 1. The van der Waals surface area contributed by atoms with Gasteiger partial charge in [0.05, 0.1) is 12.2 Å². The minimum absolute atomic E-state index is 0.119. The Hall–Kier alpha value is -2.19. The summed E-state index contributed by atoms with van der Waals surface area (Å²) in [5.41, 5.74) is 1.08. The Bertz CT molecular complexity index is 743. The predicted molar refractivity (Wildman–Crippen MR) is 97.1 cm³/mol. The first-order valence-electron chi connectivity index (χ1n) is 7.14. The fourth-order valence-corrected chi connectivity index (χ4v) is 2.25. The lowest BCUT2D eigenvalue weighted by Crippen LogP contribution is -2.33. The number of amides is 1. The third-order valence-electron chi connectivity index (χ3n) is 2.84. The lowest BCUT2D eigenvalue weighted by Gasteiger charge is -2.09. The molecule has 0 bridgehead atoms. The first-order valence-corrected chi connectivity index (χ1v) is 8.34. The molecular formula is C16H15BrN2O4S. The van der Waals surface area contributed by atoms with Gasteiger partial charge in [-0.3, -0.25) is 10.1 Å². The van der Waals surface area contributed by atoms with Crippen LogP contribution in [0.3, 0.4) is 0 Å². The summed E-state index contributed by atoms with van der Waals surface area (Å²) in [5.74, 6) is -0.694. The van der Waals surface area contributed by atoms with Crippen molar-refractivity contribution in [3.05, 3.63) is 52.4 Å². The second-order valence-corrected chi connectivity index (χ2v) is 5.92. The Morgan fingerprint density at radius 3 is 2.50 bits per heavy atom. The number of benzene rings is 1. The smallest absolute Gasteiger partial charge is 0.338 e. The number of rotatable bonds is 5. The Morgan fingerprint density at radius 2 is 1.92 bits per heavy atom. The zero-order valence-corrected chi connectivity index (χ0v) is 15.2. The molecule has 0 unspecified atom stereocenters. The molecule has 0 aliphatic rings. The van der Waals surface area contributed by atoms with Gasteiger partial charge in [-0.15, -0.1) is 0 Å². The molecule has 1 aromatic carbocycles. The highest BCUT2D eigenvalue weighted by molar-refractivity contribution is 9.10. The molecule has 0 aliphatic carbocycles. The van der Waals surface area contributed by atoms with Crippen molar-refractivity contribution < 1.29 is 18.7 Å². The van der Waals surface area contributed by atoms with Gasteiger partial charge in [0.1, 0.15) is 0 Å². The van der Waals surface area contributed by atoms with Crippen LogP contribution in [0.5, 0.6) is 0 Å². The highest BCUT2D eigenvalue weighted by Crippen LogP contribution is 2.14. The van der Waals surface area contributed by atoms with Crippen LogP contribution in [0, 0.1) is 0 Å². The average molecular weight is 411 g/mol. The largest absolute Gasteiger partial charge is 0.462 e. The van der Waals surface area contributed by atoms with E-state index < -0.39 is 5.91 Å². The van der Waals surface area contributed by atoms with Crippen molar-refractivity contribution in [2.45, 2.75) is 13.3 Å².